The van der Waals surface area contributed by atoms with Crippen LogP contribution in [0.15, 0.2) is 0 Å². The van der Waals surface area contributed by atoms with E-state index in [2.05, 4.69) is 0 Å². The van der Waals surface area contributed by atoms with Crippen molar-refractivity contribution in [3.8, 4) is 0 Å². The van der Waals surface area contributed by atoms with Crippen LogP contribution in [-0.4, -0.2) is 12.1 Å². The van der Waals surface area contributed by atoms with Gasteiger partial charge in [0, 0.05) is 11.8 Å². The highest BCUT2D eigenvalue weighted by atomic mass is 16.1. The third-order valence-corrected chi connectivity index (χ3v) is 2.52. The Morgan fingerprint density at radius 3 is 2.45 bits per heavy atom. The Morgan fingerprint density at radius 1 is 1.36 bits per heavy atom. The standard InChI is InChI=1S/C9H14O2/c1-7(11)9-5-3-2-4-8(9)6-10/h6,8-9H,2-5H2,1H3/t8-,9-/m1/s1. The van der Waals surface area contributed by atoms with E-state index in [4.69, 9.17) is 0 Å². The number of rotatable bonds is 2. The van der Waals surface area contributed by atoms with Crippen molar-refractivity contribution >= 4 is 12.1 Å². The van der Waals surface area contributed by atoms with Gasteiger partial charge < -0.3 is 4.79 Å². The molecule has 0 unspecified atom stereocenters. The predicted octanol–water partition coefficient (Wildman–Crippen LogP) is 1.58. The van der Waals surface area contributed by atoms with E-state index >= 15 is 0 Å². The molecule has 0 aliphatic heterocycles. The molecule has 0 bridgehead atoms. The fourth-order valence-electron chi connectivity index (χ4n) is 1.83. The Labute approximate surface area is 67.0 Å². The average molecular weight is 154 g/mol. The van der Waals surface area contributed by atoms with Crippen LogP contribution in [0.2, 0.25) is 0 Å². The van der Waals surface area contributed by atoms with Crippen LogP contribution in [0.4, 0.5) is 0 Å². The van der Waals surface area contributed by atoms with Crippen LogP contribution in [0.1, 0.15) is 32.6 Å². The summed E-state index contributed by atoms with van der Waals surface area (Å²) in [5.41, 5.74) is 0. The van der Waals surface area contributed by atoms with Crippen LogP contribution < -0.4 is 0 Å². The summed E-state index contributed by atoms with van der Waals surface area (Å²) < 4.78 is 0. The summed E-state index contributed by atoms with van der Waals surface area (Å²) in [6, 6.07) is 0. The SMILES string of the molecule is CC(=O)[C@H]1CCCC[C@@H]1C=O. The number of hydrogen-bond donors (Lipinski definition) is 0. The highest BCUT2D eigenvalue weighted by molar-refractivity contribution is 5.81. The van der Waals surface area contributed by atoms with Crippen molar-refractivity contribution in [1.29, 1.82) is 0 Å². The first kappa shape index (κ1) is 8.44. The number of ketones is 1. The van der Waals surface area contributed by atoms with Gasteiger partial charge in [0.2, 0.25) is 0 Å². The van der Waals surface area contributed by atoms with Crippen molar-refractivity contribution in [2.75, 3.05) is 0 Å². The molecule has 0 amide bonds. The molecular weight excluding hydrogens is 140 g/mol. The molecule has 1 aliphatic rings. The maximum absolute atomic E-state index is 11.0. The summed E-state index contributed by atoms with van der Waals surface area (Å²) in [5, 5.41) is 0. The van der Waals surface area contributed by atoms with Gasteiger partial charge in [0.1, 0.15) is 12.1 Å². The molecule has 2 atom stereocenters. The molecule has 2 nitrogen and oxygen atoms in total. The summed E-state index contributed by atoms with van der Waals surface area (Å²) in [7, 11) is 0. The van der Waals surface area contributed by atoms with E-state index in [-0.39, 0.29) is 17.6 Å². The molecule has 0 spiro atoms. The lowest BCUT2D eigenvalue weighted by Gasteiger charge is -2.24. The van der Waals surface area contributed by atoms with E-state index < -0.39 is 0 Å². The van der Waals surface area contributed by atoms with Gasteiger partial charge in [-0.2, -0.15) is 0 Å². The summed E-state index contributed by atoms with van der Waals surface area (Å²) in [4.78, 5) is 21.5. The first-order chi connectivity index (χ1) is 5.25. The van der Waals surface area contributed by atoms with Crippen LogP contribution in [0, 0.1) is 11.8 Å². The molecule has 2 heteroatoms. The van der Waals surface area contributed by atoms with Gasteiger partial charge >= 0.3 is 0 Å². The van der Waals surface area contributed by atoms with E-state index in [1.165, 1.54) is 0 Å². The normalized spacial score (nSPS) is 31.4. The molecule has 0 N–H and O–H groups in total. The Bertz CT molecular complexity index is 163. The lowest BCUT2D eigenvalue weighted by atomic mass is 9.78. The highest BCUT2D eigenvalue weighted by Crippen LogP contribution is 2.28. The van der Waals surface area contributed by atoms with Gasteiger partial charge in [-0.1, -0.05) is 12.8 Å². The van der Waals surface area contributed by atoms with Gasteiger partial charge in [0.25, 0.3) is 0 Å². The van der Waals surface area contributed by atoms with Crippen molar-refractivity contribution in [2.45, 2.75) is 32.6 Å². The Morgan fingerprint density at radius 2 is 2.00 bits per heavy atom. The van der Waals surface area contributed by atoms with Gasteiger partial charge in [-0.3, -0.25) is 4.79 Å². The molecule has 0 aromatic heterocycles. The third-order valence-electron chi connectivity index (χ3n) is 2.52. The van der Waals surface area contributed by atoms with E-state index in [0.717, 1.165) is 32.0 Å². The van der Waals surface area contributed by atoms with Gasteiger partial charge in [-0.25, -0.2) is 0 Å². The number of aldehydes is 1. The summed E-state index contributed by atoms with van der Waals surface area (Å²) in [6.07, 6.45) is 4.99. The van der Waals surface area contributed by atoms with E-state index in [9.17, 15) is 9.59 Å². The van der Waals surface area contributed by atoms with Crippen LogP contribution in [0.3, 0.4) is 0 Å². The van der Waals surface area contributed by atoms with Gasteiger partial charge in [-0.05, 0) is 19.8 Å². The first-order valence-corrected chi connectivity index (χ1v) is 4.21. The zero-order valence-electron chi connectivity index (χ0n) is 6.88. The molecule has 0 heterocycles. The maximum atomic E-state index is 11.0. The van der Waals surface area contributed by atoms with Crippen molar-refractivity contribution in [3.05, 3.63) is 0 Å². The van der Waals surface area contributed by atoms with Gasteiger partial charge in [0.05, 0.1) is 0 Å². The van der Waals surface area contributed by atoms with E-state index in [1.807, 2.05) is 0 Å². The maximum Gasteiger partial charge on any atom is 0.133 e. The lowest BCUT2D eigenvalue weighted by molar-refractivity contribution is -0.127. The second kappa shape index (κ2) is 3.65. The second-order valence-electron chi connectivity index (χ2n) is 3.30. The summed E-state index contributed by atoms with van der Waals surface area (Å²) >= 11 is 0. The number of carbonyl (C=O) groups is 2. The molecular formula is C9H14O2. The molecule has 0 saturated heterocycles. The molecule has 1 fully saturated rings. The van der Waals surface area contributed by atoms with Crippen molar-refractivity contribution in [2.24, 2.45) is 11.8 Å². The molecule has 0 aromatic carbocycles. The monoisotopic (exact) mass is 154 g/mol. The summed E-state index contributed by atoms with van der Waals surface area (Å²) in [5.74, 6) is 0.226. The zero-order valence-corrected chi connectivity index (χ0v) is 6.88. The Balaban J connectivity index is 2.58. The molecule has 0 aromatic rings. The van der Waals surface area contributed by atoms with Crippen LogP contribution in [-0.2, 0) is 9.59 Å². The average Bonchev–Trinajstić information content (AvgIpc) is 2.04. The zero-order chi connectivity index (χ0) is 8.27. The highest BCUT2D eigenvalue weighted by Gasteiger charge is 2.27. The van der Waals surface area contributed by atoms with Crippen LogP contribution >= 0.6 is 0 Å². The quantitative estimate of drug-likeness (QED) is 0.566. The minimum Gasteiger partial charge on any atom is -0.303 e. The first-order valence-electron chi connectivity index (χ1n) is 4.21. The van der Waals surface area contributed by atoms with E-state index in [1.54, 1.807) is 6.92 Å². The van der Waals surface area contributed by atoms with Crippen molar-refractivity contribution in [3.63, 3.8) is 0 Å². The number of Topliss-reactive ketones (excluding diaryl/α,β-unsaturated/α-hetero) is 1. The molecule has 1 aliphatic carbocycles. The molecule has 1 rings (SSSR count). The Hall–Kier alpha value is -0.660. The van der Waals surface area contributed by atoms with Gasteiger partial charge in [-0.15, -0.1) is 0 Å². The fraction of sp³-hybridized carbons (Fsp3) is 0.778. The van der Waals surface area contributed by atoms with E-state index in [0.29, 0.717) is 0 Å². The minimum absolute atomic E-state index is 0.0150. The minimum atomic E-state index is 0.0150. The second-order valence-corrected chi connectivity index (χ2v) is 3.30. The molecule has 62 valence electrons. The number of carbonyl (C=O) groups excluding carboxylic acids is 2. The van der Waals surface area contributed by atoms with Crippen molar-refractivity contribution in [1.82, 2.24) is 0 Å². The van der Waals surface area contributed by atoms with Gasteiger partial charge in [0.15, 0.2) is 0 Å². The lowest BCUT2D eigenvalue weighted by Crippen LogP contribution is -2.26. The Kier molecular flexibility index (Phi) is 2.80. The van der Waals surface area contributed by atoms with Crippen molar-refractivity contribution < 1.29 is 9.59 Å². The predicted molar refractivity (Wildman–Crippen MR) is 42.2 cm³/mol. The summed E-state index contributed by atoms with van der Waals surface area (Å²) in [6.45, 7) is 1.59. The van der Waals surface area contributed by atoms with Crippen LogP contribution in [0.5, 0.6) is 0 Å². The smallest absolute Gasteiger partial charge is 0.133 e. The largest absolute Gasteiger partial charge is 0.303 e. The number of hydrogen-bond acceptors (Lipinski definition) is 2. The molecule has 11 heavy (non-hydrogen) atoms. The van der Waals surface area contributed by atoms with Crippen LogP contribution in [0.25, 0.3) is 0 Å². The fourth-order valence-corrected chi connectivity index (χ4v) is 1.83. The molecule has 1 saturated carbocycles. The topological polar surface area (TPSA) is 34.1 Å². The molecule has 0 radical (unpaired) electrons. The third kappa shape index (κ3) is 1.88.